The Labute approximate surface area is 190 Å². The van der Waals surface area contributed by atoms with Gasteiger partial charge in [0, 0.05) is 25.6 Å². The average molecular weight is 427 g/mol. The van der Waals surface area contributed by atoms with Crippen molar-refractivity contribution in [3.8, 4) is 0 Å². The number of rotatable bonds is 7. The summed E-state index contributed by atoms with van der Waals surface area (Å²) in [5.41, 5.74) is 3.17. The predicted octanol–water partition coefficient (Wildman–Crippen LogP) is 4.56. The fraction of sp³-hybridized carbons (Fsp3) is 0.286. The van der Waals surface area contributed by atoms with E-state index >= 15 is 0 Å². The van der Waals surface area contributed by atoms with E-state index in [2.05, 4.69) is 17.4 Å². The first-order valence-electron chi connectivity index (χ1n) is 11.4. The number of likely N-dealkylation sites (tertiary alicyclic amines) is 1. The number of carbonyl (C=O) groups excluding carboxylic acids is 2. The summed E-state index contributed by atoms with van der Waals surface area (Å²) in [5.74, 6) is -0.107. The molecule has 4 nitrogen and oxygen atoms in total. The van der Waals surface area contributed by atoms with Gasteiger partial charge < -0.3 is 10.2 Å². The molecule has 0 saturated carbocycles. The molecule has 0 spiro atoms. The summed E-state index contributed by atoms with van der Waals surface area (Å²) in [6.45, 7) is 1.39. The Hall–Kier alpha value is -3.40. The van der Waals surface area contributed by atoms with Crippen LogP contribution in [0.5, 0.6) is 0 Å². The summed E-state index contributed by atoms with van der Waals surface area (Å²) in [5, 5.41) is 3.26. The largest absolute Gasteiger partial charge is 0.352 e. The number of benzene rings is 3. The van der Waals surface area contributed by atoms with Crippen LogP contribution in [0.3, 0.4) is 0 Å². The molecule has 1 aliphatic heterocycles. The monoisotopic (exact) mass is 426 g/mol. The minimum Gasteiger partial charge on any atom is -0.352 e. The number of nitrogens with zero attached hydrogens (tertiary/aromatic N) is 1. The number of hydrogen-bond donors (Lipinski definition) is 1. The molecule has 1 aliphatic rings. The van der Waals surface area contributed by atoms with Crippen molar-refractivity contribution in [2.24, 2.45) is 0 Å². The molecule has 2 amide bonds. The van der Waals surface area contributed by atoms with Gasteiger partial charge in [0.05, 0.1) is 5.92 Å². The Balaban J connectivity index is 1.32. The first-order chi connectivity index (χ1) is 15.7. The van der Waals surface area contributed by atoms with Crippen LogP contribution >= 0.6 is 0 Å². The molecule has 3 aromatic carbocycles. The van der Waals surface area contributed by atoms with Crippen molar-refractivity contribution in [2.75, 3.05) is 13.1 Å². The fourth-order valence-corrected chi connectivity index (χ4v) is 4.40. The van der Waals surface area contributed by atoms with Crippen molar-refractivity contribution in [3.63, 3.8) is 0 Å². The van der Waals surface area contributed by atoms with Crippen LogP contribution in [-0.2, 0) is 16.0 Å². The molecule has 4 heteroatoms. The van der Waals surface area contributed by atoms with E-state index in [0.717, 1.165) is 30.4 Å². The van der Waals surface area contributed by atoms with E-state index in [-0.39, 0.29) is 23.8 Å². The number of nitrogens with one attached hydrogen (secondary N) is 1. The van der Waals surface area contributed by atoms with Gasteiger partial charge in [-0.15, -0.1) is 0 Å². The van der Waals surface area contributed by atoms with Crippen molar-refractivity contribution in [1.29, 1.82) is 0 Å². The van der Waals surface area contributed by atoms with E-state index in [9.17, 15) is 9.59 Å². The fourth-order valence-electron chi connectivity index (χ4n) is 4.40. The first-order valence-corrected chi connectivity index (χ1v) is 11.4. The van der Waals surface area contributed by atoms with Gasteiger partial charge in [0.1, 0.15) is 0 Å². The highest BCUT2D eigenvalue weighted by atomic mass is 16.2. The number of aryl methyl sites for hydroxylation is 1. The number of piperidine rings is 1. The zero-order chi connectivity index (χ0) is 22.2. The summed E-state index contributed by atoms with van der Waals surface area (Å²) < 4.78 is 0. The van der Waals surface area contributed by atoms with Crippen molar-refractivity contribution in [1.82, 2.24) is 10.2 Å². The van der Waals surface area contributed by atoms with Crippen LogP contribution in [0.2, 0.25) is 0 Å². The predicted molar refractivity (Wildman–Crippen MR) is 127 cm³/mol. The highest BCUT2D eigenvalue weighted by Crippen LogP contribution is 2.25. The molecular formula is C28H30N2O2. The van der Waals surface area contributed by atoms with Crippen molar-refractivity contribution in [2.45, 2.75) is 37.6 Å². The first kappa shape index (κ1) is 21.8. The molecule has 1 heterocycles. The van der Waals surface area contributed by atoms with E-state index in [0.29, 0.717) is 19.5 Å². The maximum atomic E-state index is 13.3. The zero-order valence-corrected chi connectivity index (χ0v) is 18.3. The van der Waals surface area contributed by atoms with Gasteiger partial charge in [0.15, 0.2) is 0 Å². The van der Waals surface area contributed by atoms with Crippen LogP contribution < -0.4 is 5.32 Å². The Morgan fingerprint density at radius 2 is 1.28 bits per heavy atom. The number of carbonyl (C=O) groups is 2. The molecule has 4 rings (SSSR count). The molecule has 1 N–H and O–H groups in total. The van der Waals surface area contributed by atoms with Gasteiger partial charge >= 0.3 is 0 Å². The van der Waals surface area contributed by atoms with Crippen LogP contribution in [0.25, 0.3) is 0 Å². The summed E-state index contributed by atoms with van der Waals surface area (Å²) in [7, 11) is 0. The molecule has 0 radical (unpaired) electrons. The maximum Gasteiger partial charge on any atom is 0.232 e. The molecule has 3 aromatic rings. The Morgan fingerprint density at radius 1 is 0.781 bits per heavy atom. The lowest BCUT2D eigenvalue weighted by molar-refractivity contribution is -0.132. The molecule has 0 bridgehead atoms. The second-order valence-electron chi connectivity index (χ2n) is 8.40. The zero-order valence-electron chi connectivity index (χ0n) is 18.3. The highest BCUT2D eigenvalue weighted by molar-refractivity contribution is 5.87. The van der Waals surface area contributed by atoms with Gasteiger partial charge in [0.2, 0.25) is 11.8 Å². The number of hydrogen-bond acceptors (Lipinski definition) is 2. The van der Waals surface area contributed by atoms with E-state index in [1.54, 1.807) is 0 Å². The van der Waals surface area contributed by atoms with Crippen LogP contribution in [0.15, 0.2) is 91.0 Å². The normalized spacial score (nSPS) is 14.3. The summed E-state index contributed by atoms with van der Waals surface area (Å²) in [4.78, 5) is 27.9. The van der Waals surface area contributed by atoms with Crippen LogP contribution in [0.4, 0.5) is 0 Å². The molecule has 32 heavy (non-hydrogen) atoms. The molecular weight excluding hydrogens is 396 g/mol. The summed E-state index contributed by atoms with van der Waals surface area (Å²) >= 11 is 0. The second kappa shape index (κ2) is 10.8. The number of amides is 2. The van der Waals surface area contributed by atoms with Crippen LogP contribution in [0.1, 0.15) is 41.9 Å². The third kappa shape index (κ3) is 5.64. The summed E-state index contributed by atoms with van der Waals surface area (Å²) in [6.07, 6.45) is 2.88. The Bertz CT molecular complexity index is 958. The molecule has 1 saturated heterocycles. The topological polar surface area (TPSA) is 49.4 Å². The van der Waals surface area contributed by atoms with E-state index in [1.165, 1.54) is 5.56 Å². The third-order valence-corrected chi connectivity index (χ3v) is 6.19. The van der Waals surface area contributed by atoms with Crippen LogP contribution in [0, 0.1) is 0 Å². The van der Waals surface area contributed by atoms with Gasteiger partial charge in [-0.2, -0.15) is 0 Å². The van der Waals surface area contributed by atoms with E-state index in [4.69, 9.17) is 0 Å². The smallest absolute Gasteiger partial charge is 0.232 e. The van der Waals surface area contributed by atoms with Crippen molar-refractivity contribution in [3.05, 3.63) is 108 Å². The summed E-state index contributed by atoms with van der Waals surface area (Å²) in [6, 6.07) is 30.1. The molecule has 0 atom stereocenters. The standard InChI is InChI=1S/C28H30N2O2/c31-26(17-16-22-10-4-1-5-11-22)30-20-18-25(19-21-30)29-28(32)27(23-12-6-2-7-13-23)24-14-8-3-9-15-24/h1-15,25,27H,16-21H2,(H,29,32). The maximum absolute atomic E-state index is 13.3. The molecule has 164 valence electrons. The van der Waals surface area contributed by atoms with Gasteiger partial charge in [-0.25, -0.2) is 0 Å². The molecule has 0 unspecified atom stereocenters. The molecule has 0 aliphatic carbocycles. The molecule has 1 fully saturated rings. The lowest BCUT2D eigenvalue weighted by atomic mass is 9.90. The molecule has 0 aromatic heterocycles. The lowest BCUT2D eigenvalue weighted by Gasteiger charge is -2.33. The minimum absolute atomic E-state index is 0.0243. The Morgan fingerprint density at radius 3 is 1.81 bits per heavy atom. The van der Waals surface area contributed by atoms with Gasteiger partial charge in [-0.3, -0.25) is 9.59 Å². The van der Waals surface area contributed by atoms with Crippen molar-refractivity contribution >= 4 is 11.8 Å². The Kier molecular flexibility index (Phi) is 7.34. The van der Waals surface area contributed by atoms with Gasteiger partial charge in [0.25, 0.3) is 0 Å². The SMILES string of the molecule is O=C(NC1CCN(C(=O)CCc2ccccc2)CC1)C(c1ccccc1)c1ccccc1. The van der Waals surface area contributed by atoms with E-state index < -0.39 is 0 Å². The highest BCUT2D eigenvalue weighted by Gasteiger charge is 2.28. The van der Waals surface area contributed by atoms with Crippen molar-refractivity contribution < 1.29 is 9.59 Å². The van der Waals surface area contributed by atoms with Gasteiger partial charge in [-0.05, 0) is 36.0 Å². The lowest BCUT2D eigenvalue weighted by Crippen LogP contribution is -2.47. The second-order valence-corrected chi connectivity index (χ2v) is 8.40. The van der Waals surface area contributed by atoms with E-state index in [1.807, 2.05) is 83.8 Å². The van der Waals surface area contributed by atoms with Gasteiger partial charge in [-0.1, -0.05) is 91.0 Å². The average Bonchev–Trinajstić information content (AvgIpc) is 2.85. The van der Waals surface area contributed by atoms with Crippen LogP contribution in [-0.4, -0.2) is 35.8 Å². The third-order valence-electron chi connectivity index (χ3n) is 6.19. The quantitative estimate of drug-likeness (QED) is 0.602. The minimum atomic E-state index is -0.331.